The summed E-state index contributed by atoms with van der Waals surface area (Å²) in [6, 6.07) is 14.7. The van der Waals surface area contributed by atoms with Gasteiger partial charge in [-0.3, -0.25) is 4.79 Å². The summed E-state index contributed by atoms with van der Waals surface area (Å²) < 4.78 is 11.8. The highest BCUT2D eigenvalue weighted by Crippen LogP contribution is 2.15. The van der Waals surface area contributed by atoms with Crippen molar-refractivity contribution >= 4 is 5.91 Å². The van der Waals surface area contributed by atoms with E-state index in [1.165, 1.54) is 0 Å². The van der Waals surface area contributed by atoms with Gasteiger partial charge in [0.1, 0.15) is 11.5 Å². The monoisotopic (exact) mass is 353 g/mol. The summed E-state index contributed by atoms with van der Waals surface area (Å²) in [5, 5.41) is 14.5. The number of carbonyl (C=O) groups is 1. The first-order valence-corrected chi connectivity index (χ1v) is 8.01. The maximum atomic E-state index is 12.2. The summed E-state index contributed by atoms with van der Waals surface area (Å²) in [5.41, 5.74) is 1.69. The fourth-order valence-corrected chi connectivity index (χ4v) is 2.41. The van der Waals surface area contributed by atoms with Crippen molar-refractivity contribution in [3.05, 3.63) is 59.9 Å². The zero-order valence-electron chi connectivity index (χ0n) is 14.5. The number of aromatic nitrogens is 4. The van der Waals surface area contributed by atoms with Crippen LogP contribution in [0, 0.1) is 0 Å². The second-order valence-corrected chi connectivity index (χ2v) is 5.51. The van der Waals surface area contributed by atoms with Crippen molar-refractivity contribution in [3.63, 3.8) is 0 Å². The van der Waals surface area contributed by atoms with Gasteiger partial charge in [-0.25, -0.2) is 0 Å². The molecule has 8 nitrogen and oxygen atoms in total. The Hall–Kier alpha value is -3.42. The molecule has 0 aliphatic heterocycles. The Morgan fingerprint density at radius 1 is 1.00 bits per heavy atom. The normalized spacial score (nSPS) is 10.4. The van der Waals surface area contributed by atoms with Gasteiger partial charge in [0.05, 0.1) is 32.9 Å². The number of carbonyl (C=O) groups excluding carboxylic acids is 1. The Bertz CT molecular complexity index is 859. The van der Waals surface area contributed by atoms with Gasteiger partial charge in [0.2, 0.25) is 5.91 Å². The lowest BCUT2D eigenvalue weighted by Gasteiger charge is -2.08. The van der Waals surface area contributed by atoms with Crippen LogP contribution in [-0.4, -0.2) is 40.3 Å². The van der Waals surface area contributed by atoms with Crippen molar-refractivity contribution in [1.82, 2.24) is 25.5 Å². The van der Waals surface area contributed by atoms with Gasteiger partial charge in [-0.2, -0.15) is 4.68 Å². The van der Waals surface area contributed by atoms with Gasteiger partial charge in [-0.15, -0.1) is 5.10 Å². The molecule has 0 atom stereocenters. The number of nitrogens with zero attached hydrogens (tertiary/aromatic N) is 4. The van der Waals surface area contributed by atoms with Gasteiger partial charge >= 0.3 is 0 Å². The molecular formula is C18H19N5O3. The van der Waals surface area contributed by atoms with Gasteiger partial charge in [0.25, 0.3) is 0 Å². The van der Waals surface area contributed by atoms with Crippen molar-refractivity contribution in [3.8, 4) is 17.2 Å². The van der Waals surface area contributed by atoms with E-state index in [9.17, 15) is 4.79 Å². The summed E-state index contributed by atoms with van der Waals surface area (Å²) in [5.74, 6) is 1.93. The highest BCUT2D eigenvalue weighted by molar-refractivity contribution is 5.78. The van der Waals surface area contributed by atoms with Crippen LogP contribution in [0.1, 0.15) is 11.4 Å². The van der Waals surface area contributed by atoms with Crippen LogP contribution in [0.4, 0.5) is 0 Å². The molecule has 3 aromatic rings. The van der Waals surface area contributed by atoms with Gasteiger partial charge in [-0.05, 0) is 52.4 Å². The SMILES string of the molecule is COc1ccc(CC(=O)NCc2nnnn2-c2ccc(OC)cc2)cc1. The molecule has 0 unspecified atom stereocenters. The molecule has 134 valence electrons. The fourth-order valence-electron chi connectivity index (χ4n) is 2.41. The molecule has 0 saturated carbocycles. The maximum absolute atomic E-state index is 12.2. The zero-order chi connectivity index (χ0) is 18.4. The first-order chi connectivity index (χ1) is 12.7. The number of amides is 1. The standard InChI is InChI=1S/C18H19N5O3/c1-25-15-7-3-13(4-8-15)11-18(24)19-12-17-20-21-22-23(17)14-5-9-16(26-2)10-6-14/h3-10H,11-12H2,1-2H3,(H,19,24). The van der Waals surface area contributed by atoms with Crippen LogP contribution in [0.5, 0.6) is 11.5 Å². The Labute approximate surface area is 150 Å². The molecule has 0 fully saturated rings. The minimum atomic E-state index is -0.112. The fraction of sp³-hybridized carbons (Fsp3) is 0.222. The smallest absolute Gasteiger partial charge is 0.224 e. The van der Waals surface area contributed by atoms with E-state index in [-0.39, 0.29) is 18.9 Å². The van der Waals surface area contributed by atoms with Crippen LogP contribution in [0.3, 0.4) is 0 Å². The number of hydrogen-bond acceptors (Lipinski definition) is 6. The van der Waals surface area contributed by atoms with Crippen molar-refractivity contribution in [2.24, 2.45) is 0 Å². The molecule has 0 aliphatic carbocycles. The van der Waals surface area contributed by atoms with Crippen LogP contribution in [0.15, 0.2) is 48.5 Å². The van der Waals surface area contributed by atoms with Crippen LogP contribution in [0.2, 0.25) is 0 Å². The minimum Gasteiger partial charge on any atom is -0.497 e. The second-order valence-electron chi connectivity index (χ2n) is 5.51. The Balaban J connectivity index is 1.60. The molecular weight excluding hydrogens is 334 g/mol. The predicted molar refractivity (Wildman–Crippen MR) is 94.3 cm³/mol. The molecule has 0 aliphatic rings. The third kappa shape index (κ3) is 4.15. The van der Waals surface area contributed by atoms with Crippen LogP contribution < -0.4 is 14.8 Å². The summed E-state index contributed by atoms with van der Waals surface area (Å²) in [7, 11) is 3.21. The lowest BCUT2D eigenvalue weighted by molar-refractivity contribution is -0.120. The molecule has 0 saturated heterocycles. The molecule has 1 aromatic heterocycles. The number of hydrogen-bond donors (Lipinski definition) is 1. The van der Waals surface area contributed by atoms with Crippen LogP contribution in [0.25, 0.3) is 5.69 Å². The van der Waals surface area contributed by atoms with Gasteiger partial charge < -0.3 is 14.8 Å². The largest absolute Gasteiger partial charge is 0.497 e. The van der Waals surface area contributed by atoms with Crippen molar-refractivity contribution < 1.29 is 14.3 Å². The number of methoxy groups -OCH3 is 2. The molecule has 8 heteroatoms. The first kappa shape index (κ1) is 17.4. The predicted octanol–water partition coefficient (Wildman–Crippen LogP) is 1.54. The topological polar surface area (TPSA) is 91.2 Å². The molecule has 0 radical (unpaired) electrons. The average Bonchev–Trinajstić information content (AvgIpc) is 3.15. The number of ether oxygens (including phenoxy) is 2. The minimum absolute atomic E-state index is 0.112. The molecule has 1 heterocycles. The third-order valence-electron chi connectivity index (χ3n) is 3.82. The average molecular weight is 353 g/mol. The summed E-state index contributed by atoms with van der Waals surface area (Å²) in [4.78, 5) is 12.2. The molecule has 0 spiro atoms. The van der Waals surface area contributed by atoms with E-state index in [1.54, 1.807) is 18.9 Å². The van der Waals surface area contributed by atoms with E-state index >= 15 is 0 Å². The van der Waals surface area contributed by atoms with E-state index in [0.29, 0.717) is 5.82 Å². The Morgan fingerprint density at radius 3 is 2.23 bits per heavy atom. The lowest BCUT2D eigenvalue weighted by atomic mass is 10.1. The molecule has 0 bridgehead atoms. The van der Waals surface area contributed by atoms with Crippen LogP contribution >= 0.6 is 0 Å². The van der Waals surface area contributed by atoms with Crippen molar-refractivity contribution in [2.45, 2.75) is 13.0 Å². The van der Waals surface area contributed by atoms with E-state index < -0.39 is 0 Å². The molecule has 3 rings (SSSR count). The van der Waals surface area contributed by atoms with Crippen molar-refractivity contribution in [1.29, 1.82) is 0 Å². The highest BCUT2D eigenvalue weighted by atomic mass is 16.5. The maximum Gasteiger partial charge on any atom is 0.224 e. The van der Waals surface area contributed by atoms with E-state index in [1.807, 2.05) is 48.5 Å². The lowest BCUT2D eigenvalue weighted by Crippen LogP contribution is -2.26. The van der Waals surface area contributed by atoms with Crippen molar-refractivity contribution in [2.75, 3.05) is 14.2 Å². The summed E-state index contributed by atoms with van der Waals surface area (Å²) >= 11 is 0. The molecule has 26 heavy (non-hydrogen) atoms. The van der Waals surface area contributed by atoms with Gasteiger partial charge in [-0.1, -0.05) is 12.1 Å². The zero-order valence-corrected chi connectivity index (χ0v) is 14.5. The Morgan fingerprint density at radius 2 is 1.62 bits per heavy atom. The van der Waals surface area contributed by atoms with Gasteiger partial charge in [0, 0.05) is 0 Å². The highest BCUT2D eigenvalue weighted by Gasteiger charge is 2.10. The van der Waals surface area contributed by atoms with E-state index in [2.05, 4.69) is 20.8 Å². The Kier molecular flexibility index (Phi) is 5.43. The molecule has 2 aromatic carbocycles. The van der Waals surface area contributed by atoms with E-state index in [0.717, 1.165) is 22.7 Å². The third-order valence-corrected chi connectivity index (χ3v) is 3.82. The number of nitrogens with one attached hydrogen (secondary N) is 1. The number of rotatable bonds is 7. The second kappa shape index (κ2) is 8.11. The first-order valence-electron chi connectivity index (χ1n) is 8.01. The van der Waals surface area contributed by atoms with E-state index in [4.69, 9.17) is 9.47 Å². The molecule has 1 N–H and O–H groups in total. The van der Waals surface area contributed by atoms with Gasteiger partial charge in [0.15, 0.2) is 5.82 Å². The number of tetrazole rings is 1. The van der Waals surface area contributed by atoms with Crippen LogP contribution in [-0.2, 0) is 17.8 Å². The number of benzene rings is 2. The molecule has 1 amide bonds. The quantitative estimate of drug-likeness (QED) is 0.693. The summed E-state index contributed by atoms with van der Waals surface area (Å²) in [6.07, 6.45) is 0.272. The summed E-state index contributed by atoms with van der Waals surface area (Å²) in [6.45, 7) is 0.230.